The smallest absolute Gasteiger partial charge is 0.0582 e. The van der Waals surface area contributed by atoms with Crippen molar-refractivity contribution in [3.05, 3.63) is 180 Å². The van der Waals surface area contributed by atoms with Gasteiger partial charge < -0.3 is 9.47 Å². The molecule has 0 amide bonds. The molecule has 2 heterocycles. The molecule has 0 saturated heterocycles. The van der Waals surface area contributed by atoms with E-state index in [1.165, 1.54) is 77.7 Å². The molecule has 0 spiro atoms. The minimum Gasteiger partial charge on any atom is -0.310 e. The van der Waals surface area contributed by atoms with Crippen molar-refractivity contribution in [3.8, 4) is 16.8 Å². The van der Waals surface area contributed by atoms with E-state index in [1.54, 1.807) is 0 Å². The van der Waals surface area contributed by atoms with Crippen LogP contribution in [0.1, 0.15) is 95.2 Å². The largest absolute Gasteiger partial charge is 0.310 e. The molecule has 0 radical (unpaired) electrons. The SMILES string of the molecule is C/C=C\CC(C)(C)c1cc(-c2ccc(N(c3cc(C)cc(C)c3)c3ccc4c(c3)c3cccc5c3n4-c3ccccc3C5(C)C)cc2)ccc1CC.C=C.CC. The van der Waals surface area contributed by atoms with E-state index in [1.807, 2.05) is 13.8 Å². The summed E-state index contributed by atoms with van der Waals surface area (Å²) in [6.07, 6.45) is 6.52. The predicted molar refractivity (Wildman–Crippen MR) is 247 cm³/mol. The molecule has 0 fully saturated rings. The van der Waals surface area contributed by atoms with Crippen molar-refractivity contribution in [3.63, 3.8) is 0 Å². The molecule has 1 aliphatic rings. The summed E-state index contributed by atoms with van der Waals surface area (Å²) in [4.78, 5) is 2.43. The second kappa shape index (κ2) is 16.2. The lowest BCUT2D eigenvalue weighted by atomic mass is 9.75. The Morgan fingerprint density at radius 2 is 1.32 bits per heavy atom. The standard InChI is InChI=1S/C50H50N2.C2H6.C2H4/c1-9-11-27-49(5,6)45-31-37(20-19-35(45)10-2)36-21-23-38(24-22-36)51(40-29-33(3)28-34(4)30-40)39-25-26-46-42(32-39)41-15-14-17-44-48(41)52(46)47-18-13-12-16-43(47)50(44,7)8;2*1-2/h9,11-26,28-32H,10,27H2,1-8H3;1-2H3;1-2H2/b11-9-;;. The van der Waals surface area contributed by atoms with Gasteiger partial charge in [-0.1, -0.05) is 133 Å². The molecule has 8 rings (SSSR count). The second-order valence-corrected chi connectivity index (χ2v) is 16.0. The number of nitrogens with zero attached hydrogens (tertiary/aromatic N) is 2. The summed E-state index contributed by atoms with van der Waals surface area (Å²) in [6, 6.07) is 46.0. The number of fused-ring (bicyclic) bond motifs is 5. The van der Waals surface area contributed by atoms with Crippen LogP contribution >= 0.6 is 0 Å². The topological polar surface area (TPSA) is 8.17 Å². The van der Waals surface area contributed by atoms with Crippen molar-refractivity contribution < 1.29 is 0 Å². The van der Waals surface area contributed by atoms with Gasteiger partial charge in [0.05, 0.1) is 16.7 Å². The van der Waals surface area contributed by atoms with Crippen LogP contribution in [-0.4, -0.2) is 4.57 Å². The van der Waals surface area contributed by atoms with E-state index in [2.05, 4.69) is 211 Å². The number of benzene rings is 6. The number of hydrogen-bond donors (Lipinski definition) is 0. The highest BCUT2D eigenvalue weighted by Crippen LogP contribution is 2.48. The van der Waals surface area contributed by atoms with Gasteiger partial charge in [-0.15, -0.1) is 13.2 Å². The van der Waals surface area contributed by atoms with E-state index in [4.69, 9.17) is 0 Å². The zero-order valence-electron chi connectivity index (χ0n) is 35.4. The Balaban J connectivity index is 0.00000129. The monoisotopic (exact) mass is 736 g/mol. The van der Waals surface area contributed by atoms with Gasteiger partial charge in [0, 0.05) is 33.2 Å². The molecule has 0 bridgehead atoms. The van der Waals surface area contributed by atoms with E-state index >= 15 is 0 Å². The lowest BCUT2D eigenvalue weighted by Crippen LogP contribution is -2.26. The molecular weight excluding hydrogens is 677 g/mol. The highest BCUT2D eigenvalue weighted by atomic mass is 15.1. The van der Waals surface area contributed by atoms with Gasteiger partial charge in [-0.05, 0) is 132 Å². The number of aryl methyl sites for hydroxylation is 3. The van der Waals surface area contributed by atoms with Crippen LogP contribution in [0, 0.1) is 13.8 Å². The first-order chi connectivity index (χ1) is 27.0. The van der Waals surface area contributed by atoms with Crippen molar-refractivity contribution in [1.29, 1.82) is 0 Å². The molecule has 7 aromatic rings. The van der Waals surface area contributed by atoms with Crippen LogP contribution < -0.4 is 4.90 Å². The van der Waals surface area contributed by atoms with Crippen molar-refractivity contribution in [2.24, 2.45) is 0 Å². The van der Waals surface area contributed by atoms with E-state index in [0.717, 1.165) is 24.2 Å². The maximum absolute atomic E-state index is 3.00. The van der Waals surface area contributed by atoms with Crippen LogP contribution in [0.2, 0.25) is 0 Å². The van der Waals surface area contributed by atoms with Crippen molar-refractivity contribution in [2.75, 3.05) is 4.90 Å². The molecule has 6 aromatic carbocycles. The molecule has 56 heavy (non-hydrogen) atoms. The molecule has 0 atom stereocenters. The Bertz CT molecular complexity index is 2500. The number of aromatic nitrogens is 1. The lowest BCUT2D eigenvalue weighted by molar-refractivity contribution is 0.528. The van der Waals surface area contributed by atoms with Crippen LogP contribution in [0.25, 0.3) is 38.6 Å². The van der Waals surface area contributed by atoms with E-state index in [-0.39, 0.29) is 10.8 Å². The van der Waals surface area contributed by atoms with Gasteiger partial charge in [-0.2, -0.15) is 0 Å². The second-order valence-electron chi connectivity index (χ2n) is 16.0. The average Bonchev–Trinajstić information content (AvgIpc) is 3.55. The third kappa shape index (κ3) is 7.03. The zero-order chi connectivity index (χ0) is 40.4. The highest BCUT2D eigenvalue weighted by Gasteiger charge is 2.35. The van der Waals surface area contributed by atoms with Crippen LogP contribution in [-0.2, 0) is 17.3 Å². The van der Waals surface area contributed by atoms with Gasteiger partial charge in [0.25, 0.3) is 0 Å². The van der Waals surface area contributed by atoms with Gasteiger partial charge in [-0.25, -0.2) is 0 Å². The number of anilines is 3. The number of para-hydroxylation sites is 2. The van der Waals surface area contributed by atoms with E-state index < -0.39 is 0 Å². The summed E-state index contributed by atoms with van der Waals surface area (Å²) in [5, 5.41) is 2.58. The Hall–Kier alpha value is -5.60. The van der Waals surface area contributed by atoms with Crippen molar-refractivity contribution in [1.82, 2.24) is 4.57 Å². The summed E-state index contributed by atoms with van der Waals surface area (Å²) in [5.74, 6) is 0. The molecule has 1 aromatic heterocycles. The van der Waals surface area contributed by atoms with Crippen molar-refractivity contribution >= 4 is 38.9 Å². The van der Waals surface area contributed by atoms with Gasteiger partial charge in [-0.3, -0.25) is 0 Å². The summed E-state index contributed by atoms with van der Waals surface area (Å²) in [7, 11) is 0. The van der Waals surface area contributed by atoms with Gasteiger partial charge >= 0.3 is 0 Å². The maximum Gasteiger partial charge on any atom is 0.0582 e. The third-order valence-electron chi connectivity index (χ3n) is 11.5. The molecule has 2 nitrogen and oxygen atoms in total. The molecule has 286 valence electrons. The highest BCUT2D eigenvalue weighted by molar-refractivity contribution is 6.12. The first kappa shape index (κ1) is 40.1. The quantitative estimate of drug-likeness (QED) is 0.141. The van der Waals surface area contributed by atoms with E-state index in [9.17, 15) is 0 Å². The van der Waals surface area contributed by atoms with Gasteiger partial charge in [0.15, 0.2) is 0 Å². The van der Waals surface area contributed by atoms with Crippen LogP contribution in [0.4, 0.5) is 17.1 Å². The lowest BCUT2D eigenvalue weighted by Gasteiger charge is -2.34. The predicted octanol–water partition coefficient (Wildman–Crippen LogP) is 15.8. The minimum absolute atomic E-state index is 0.0630. The van der Waals surface area contributed by atoms with E-state index in [0.29, 0.717) is 0 Å². The Labute approximate surface area is 336 Å². The fraction of sp³-hybridized carbons (Fsp3) is 0.259. The number of rotatable bonds is 8. The summed E-state index contributed by atoms with van der Waals surface area (Å²) < 4.78 is 2.50. The summed E-state index contributed by atoms with van der Waals surface area (Å²) >= 11 is 0. The molecule has 1 aliphatic heterocycles. The molecule has 0 aliphatic carbocycles. The van der Waals surface area contributed by atoms with Crippen LogP contribution in [0.15, 0.2) is 147 Å². The summed E-state index contributed by atoms with van der Waals surface area (Å²) in [6.45, 7) is 28.2. The molecule has 2 heteroatoms. The summed E-state index contributed by atoms with van der Waals surface area (Å²) in [5.41, 5.74) is 17.9. The fourth-order valence-corrected chi connectivity index (χ4v) is 8.84. The Morgan fingerprint density at radius 3 is 2.00 bits per heavy atom. The van der Waals surface area contributed by atoms with Crippen LogP contribution in [0.5, 0.6) is 0 Å². The average molecular weight is 737 g/mol. The van der Waals surface area contributed by atoms with Gasteiger partial charge in [0.2, 0.25) is 0 Å². The fourth-order valence-electron chi connectivity index (χ4n) is 8.84. The third-order valence-corrected chi connectivity index (χ3v) is 11.5. The first-order valence-corrected chi connectivity index (χ1v) is 20.4. The number of hydrogen-bond acceptors (Lipinski definition) is 1. The normalized spacial score (nSPS) is 12.8. The van der Waals surface area contributed by atoms with Crippen molar-refractivity contribution in [2.45, 2.75) is 92.9 Å². The minimum atomic E-state index is -0.0872. The molecule has 0 unspecified atom stereocenters. The van der Waals surface area contributed by atoms with Crippen LogP contribution in [0.3, 0.4) is 0 Å². The number of allylic oxidation sites excluding steroid dienone is 2. The first-order valence-electron chi connectivity index (χ1n) is 20.4. The molecule has 0 N–H and O–H groups in total. The van der Waals surface area contributed by atoms with Gasteiger partial charge in [0.1, 0.15) is 0 Å². The Kier molecular flexibility index (Phi) is 11.6. The zero-order valence-corrected chi connectivity index (χ0v) is 35.4. The molecular formula is C54H60N2. The molecule has 0 saturated carbocycles. The Morgan fingerprint density at radius 1 is 0.679 bits per heavy atom. The maximum atomic E-state index is 3.00.